The maximum Gasteiger partial charge on any atom is 0.229 e. The highest BCUT2D eigenvalue weighted by atomic mass is 16.7. The van der Waals surface area contributed by atoms with Crippen LogP contribution in [-0.2, 0) is 20.6 Å². The Morgan fingerprint density at radius 1 is 0.733 bits per heavy atom. The van der Waals surface area contributed by atoms with Crippen molar-refractivity contribution in [1.29, 1.82) is 0 Å². The molecule has 170 valence electrons. The van der Waals surface area contributed by atoms with Crippen molar-refractivity contribution >= 4 is 0 Å². The van der Waals surface area contributed by atoms with Gasteiger partial charge in [-0.15, -0.1) is 0 Å². The number of rotatable bonds is 8. The lowest BCUT2D eigenvalue weighted by Crippen LogP contribution is -2.60. The molecule has 2 saturated heterocycles. The lowest BCUT2D eigenvalue weighted by atomic mass is 9.99. The molecule has 1 aromatic carbocycles. The van der Waals surface area contributed by atoms with Crippen LogP contribution < -0.4 is 4.74 Å². The third-order valence-electron chi connectivity index (χ3n) is 5.17. The van der Waals surface area contributed by atoms with Crippen LogP contribution in [0.2, 0.25) is 0 Å². The van der Waals surface area contributed by atoms with Crippen LogP contribution in [0.5, 0.6) is 5.75 Å². The minimum Gasteiger partial charge on any atom is -0.462 e. The Hall–Kier alpha value is -1.38. The van der Waals surface area contributed by atoms with E-state index in [1.165, 1.54) is 0 Å². The van der Waals surface area contributed by atoms with E-state index in [1.54, 1.807) is 24.3 Å². The van der Waals surface area contributed by atoms with Gasteiger partial charge in [0, 0.05) is 6.61 Å². The van der Waals surface area contributed by atoms with Gasteiger partial charge in [-0.25, -0.2) is 0 Å². The summed E-state index contributed by atoms with van der Waals surface area (Å²) in [4.78, 5) is 0. The fourth-order valence-corrected chi connectivity index (χ4v) is 3.34. The molecule has 7 N–H and O–H groups in total. The largest absolute Gasteiger partial charge is 0.462 e. The Morgan fingerprint density at radius 3 is 1.93 bits per heavy atom. The maximum absolute atomic E-state index is 10.2. The Morgan fingerprint density at radius 2 is 1.33 bits per heavy atom. The molecule has 2 aliphatic rings. The zero-order chi connectivity index (χ0) is 21.8. The third kappa shape index (κ3) is 5.08. The van der Waals surface area contributed by atoms with Crippen molar-refractivity contribution in [1.82, 2.24) is 0 Å². The number of aliphatic hydroxyl groups excluding tert-OH is 7. The minimum absolute atomic E-state index is 0.00585. The molecule has 0 spiro atoms. The summed E-state index contributed by atoms with van der Waals surface area (Å²) in [7, 11) is 0. The number of benzene rings is 1. The fourth-order valence-electron chi connectivity index (χ4n) is 3.34. The van der Waals surface area contributed by atoms with Crippen molar-refractivity contribution in [2.75, 3.05) is 19.8 Å². The molecule has 2 fully saturated rings. The zero-order valence-electron chi connectivity index (χ0n) is 16.1. The van der Waals surface area contributed by atoms with Gasteiger partial charge in [0.05, 0.1) is 13.2 Å². The van der Waals surface area contributed by atoms with E-state index in [-0.39, 0.29) is 13.2 Å². The molecule has 2 aliphatic heterocycles. The summed E-state index contributed by atoms with van der Waals surface area (Å²) in [5.74, 6) is 0.340. The van der Waals surface area contributed by atoms with Gasteiger partial charge in [-0.2, -0.15) is 0 Å². The van der Waals surface area contributed by atoms with Crippen LogP contribution in [-0.4, -0.2) is 111 Å². The normalized spacial score (nSPS) is 39.2. The summed E-state index contributed by atoms with van der Waals surface area (Å²) < 4.78 is 21.7. The van der Waals surface area contributed by atoms with Crippen molar-refractivity contribution in [2.45, 2.75) is 61.7 Å². The van der Waals surface area contributed by atoms with Crippen LogP contribution in [0.1, 0.15) is 5.56 Å². The van der Waals surface area contributed by atoms with E-state index in [9.17, 15) is 25.5 Å². The first-order valence-corrected chi connectivity index (χ1v) is 9.66. The zero-order valence-corrected chi connectivity index (χ0v) is 16.1. The number of hydrogen-bond acceptors (Lipinski definition) is 11. The molecule has 0 saturated carbocycles. The van der Waals surface area contributed by atoms with Crippen molar-refractivity contribution in [3.63, 3.8) is 0 Å². The Balaban J connectivity index is 1.60. The van der Waals surface area contributed by atoms with Crippen LogP contribution in [0.15, 0.2) is 24.3 Å². The highest BCUT2D eigenvalue weighted by Gasteiger charge is 2.47. The van der Waals surface area contributed by atoms with Gasteiger partial charge in [-0.1, -0.05) is 12.1 Å². The predicted octanol–water partition coefficient (Wildman–Crippen LogP) is -3.14. The highest BCUT2D eigenvalue weighted by Crippen LogP contribution is 2.27. The standard InChI is InChI=1S/C19H28O11/c20-6-5-9-1-3-10(4-2-9)28-19-17(26)15(24)14(23)12(30-19)8-27-18-16(25)13(22)11(7-21)29-18/h1-4,11-26H,5-8H2. The molecule has 0 aromatic heterocycles. The van der Waals surface area contributed by atoms with Gasteiger partial charge in [-0.3, -0.25) is 0 Å². The fraction of sp³-hybridized carbons (Fsp3) is 0.684. The van der Waals surface area contributed by atoms with Gasteiger partial charge < -0.3 is 54.7 Å². The minimum atomic E-state index is -1.59. The van der Waals surface area contributed by atoms with E-state index >= 15 is 0 Å². The molecule has 9 unspecified atom stereocenters. The molecule has 0 amide bonds. The first-order chi connectivity index (χ1) is 14.3. The molecule has 11 heteroatoms. The molecular weight excluding hydrogens is 404 g/mol. The molecular formula is C19H28O11. The summed E-state index contributed by atoms with van der Waals surface area (Å²) in [6, 6.07) is 6.69. The first kappa shape index (κ1) is 23.3. The van der Waals surface area contributed by atoms with E-state index in [2.05, 4.69) is 0 Å². The molecule has 0 radical (unpaired) electrons. The number of ether oxygens (including phenoxy) is 4. The van der Waals surface area contributed by atoms with Crippen LogP contribution in [0.25, 0.3) is 0 Å². The summed E-state index contributed by atoms with van der Waals surface area (Å²) in [5.41, 5.74) is 0.884. The van der Waals surface area contributed by atoms with Crippen molar-refractivity contribution in [3.8, 4) is 5.75 Å². The van der Waals surface area contributed by atoms with Gasteiger partial charge in [0.1, 0.15) is 48.5 Å². The Kier molecular flexibility index (Phi) is 7.98. The second-order valence-corrected chi connectivity index (χ2v) is 7.29. The molecule has 0 bridgehead atoms. The molecule has 30 heavy (non-hydrogen) atoms. The van der Waals surface area contributed by atoms with Crippen LogP contribution in [0.4, 0.5) is 0 Å². The topological polar surface area (TPSA) is 179 Å². The summed E-state index contributed by atoms with van der Waals surface area (Å²) in [6.07, 6.45) is -11.6. The third-order valence-corrected chi connectivity index (χ3v) is 5.17. The van der Waals surface area contributed by atoms with Crippen molar-refractivity contribution < 1.29 is 54.7 Å². The van der Waals surface area contributed by atoms with Crippen molar-refractivity contribution in [2.24, 2.45) is 0 Å². The number of aliphatic hydroxyl groups is 7. The number of hydrogen-bond donors (Lipinski definition) is 7. The average Bonchev–Trinajstić information content (AvgIpc) is 3.02. The SMILES string of the molecule is OCCc1ccc(OC2OC(COC3OC(CO)C(O)C3O)C(O)C(O)C2O)cc1. The van der Waals surface area contributed by atoms with Gasteiger partial charge in [-0.05, 0) is 24.1 Å². The van der Waals surface area contributed by atoms with E-state index in [0.29, 0.717) is 12.2 Å². The van der Waals surface area contributed by atoms with Gasteiger partial charge in [0.2, 0.25) is 6.29 Å². The first-order valence-electron chi connectivity index (χ1n) is 9.66. The Labute approximate surface area is 172 Å². The quantitative estimate of drug-likeness (QED) is 0.221. The monoisotopic (exact) mass is 432 g/mol. The average molecular weight is 432 g/mol. The van der Waals surface area contributed by atoms with Crippen LogP contribution in [0, 0.1) is 0 Å². The van der Waals surface area contributed by atoms with E-state index in [4.69, 9.17) is 29.2 Å². The summed E-state index contributed by atoms with van der Waals surface area (Å²) in [6.45, 7) is -0.864. The summed E-state index contributed by atoms with van der Waals surface area (Å²) in [5, 5.41) is 68.3. The molecule has 0 aliphatic carbocycles. The van der Waals surface area contributed by atoms with Gasteiger partial charge >= 0.3 is 0 Å². The molecule has 3 rings (SSSR count). The lowest BCUT2D eigenvalue weighted by molar-refractivity contribution is -0.290. The second-order valence-electron chi connectivity index (χ2n) is 7.29. The second kappa shape index (κ2) is 10.3. The van der Waals surface area contributed by atoms with Crippen LogP contribution >= 0.6 is 0 Å². The Bertz CT molecular complexity index is 656. The summed E-state index contributed by atoms with van der Waals surface area (Å²) >= 11 is 0. The predicted molar refractivity (Wildman–Crippen MR) is 98.3 cm³/mol. The van der Waals surface area contributed by atoms with Gasteiger partial charge in [0.15, 0.2) is 6.29 Å². The van der Waals surface area contributed by atoms with Gasteiger partial charge in [0.25, 0.3) is 0 Å². The highest BCUT2D eigenvalue weighted by molar-refractivity contribution is 5.27. The lowest BCUT2D eigenvalue weighted by Gasteiger charge is -2.40. The van der Waals surface area contributed by atoms with E-state index in [1.807, 2.05) is 0 Å². The molecule has 1 aromatic rings. The van der Waals surface area contributed by atoms with Crippen LogP contribution in [0.3, 0.4) is 0 Å². The smallest absolute Gasteiger partial charge is 0.229 e. The molecule has 2 heterocycles. The molecule has 11 nitrogen and oxygen atoms in total. The van der Waals surface area contributed by atoms with E-state index < -0.39 is 61.9 Å². The van der Waals surface area contributed by atoms with Crippen molar-refractivity contribution in [3.05, 3.63) is 29.8 Å². The maximum atomic E-state index is 10.2. The van der Waals surface area contributed by atoms with E-state index in [0.717, 1.165) is 5.56 Å². The molecule has 9 atom stereocenters.